The van der Waals surface area contributed by atoms with Crippen molar-refractivity contribution < 1.29 is 4.79 Å². The zero-order valence-corrected chi connectivity index (χ0v) is 13.5. The average Bonchev–Trinajstić information content (AvgIpc) is 3.00. The lowest BCUT2D eigenvalue weighted by atomic mass is 10.2. The van der Waals surface area contributed by atoms with E-state index in [0.29, 0.717) is 12.1 Å². The number of amides is 1. The lowest BCUT2D eigenvalue weighted by Crippen LogP contribution is -2.37. The van der Waals surface area contributed by atoms with Crippen LogP contribution in [-0.4, -0.2) is 27.0 Å². The van der Waals surface area contributed by atoms with E-state index in [1.54, 1.807) is 30.3 Å². The van der Waals surface area contributed by atoms with E-state index >= 15 is 0 Å². The van der Waals surface area contributed by atoms with Gasteiger partial charge in [-0.05, 0) is 28.5 Å². The van der Waals surface area contributed by atoms with E-state index in [9.17, 15) is 14.4 Å². The van der Waals surface area contributed by atoms with E-state index in [2.05, 4.69) is 0 Å². The van der Waals surface area contributed by atoms with Crippen molar-refractivity contribution in [3.8, 4) is 0 Å². The largest absolute Gasteiger partial charge is 0.338 e. The Kier molecular flexibility index (Phi) is 4.77. The second-order valence-corrected chi connectivity index (χ2v) is 5.78. The quantitative estimate of drug-likeness (QED) is 0.784. The van der Waals surface area contributed by atoms with Gasteiger partial charge in [0.2, 0.25) is 5.91 Å². The third-order valence-electron chi connectivity index (χ3n) is 3.25. The van der Waals surface area contributed by atoms with Gasteiger partial charge in [-0.15, -0.1) is 0 Å². The van der Waals surface area contributed by atoms with Crippen LogP contribution in [0.5, 0.6) is 0 Å². The predicted octanol–water partition coefficient (Wildman–Crippen LogP) is 0.817. The molecular weight excluding hydrogens is 302 g/mol. The van der Waals surface area contributed by atoms with Gasteiger partial charge < -0.3 is 9.47 Å². The van der Waals surface area contributed by atoms with Crippen molar-refractivity contribution in [2.75, 3.05) is 7.05 Å². The highest BCUT2D eigenvalue weighted by atomic mass is 32.1. The highest BCUT2D eigenvalue weighted by Crippen LogP contribution is 2.08. The van der Waals surface area contributed by atoms with Crippen LogP contribution in [0, 0.1) is 0 Å². The fourth-order valence-electron chi connectivity index (χ4n) is 1.97. The summed E-state index contributed by atoms with van der Waals surface area (Å²) in [6.45, 7) is 0.512. The summed E-state index contributed by atoms with van der Waals surface area (Å²) >= 11 is 1.58. The molecule has 2 rings (SSSR count). The van der Waals surface area contributed by atoms with Crippen LogP contribution in [0.2, 0.25) is 0 Å². The van der Waals surface area contributed by atoms with Crippen LogP contribution in [0.25, 0.3) is 6.08 Å². The lowest BCUT2D eigenvalue weighted by molar-refractivity contribution is -0.125. The van der Waals surface area contributed by atoms with Crippen LogP contribution in [0.15, 0.2) is 38.7 Å². The van der Waals surface area contributed by atoms with Gasteiger partial charge in [0.15, 0.2) is 0 Å². The first-order valence-corrected chi connectivity index (χ1v) is 7.55. The van der Waals surface area contributed by atoms with Gasteiger partial charge in [0.1, 0.15) is 0 Å². The highest BCUT2D eigenvalue weighted by Gasteiger charge is 2.08. The van der Waals surface area contributed by atoms with Crippen LogP contribution in [0.4, 0.5) is 0 Å². The number of carbonyl (C=O) groups excluding carboxylic acids is 1. The number of aryl methyl sites for hydroxylation is 1. The van der Waals surface area contributed by atoms with Crippen molar-refractivity contribution in [2.24, 2.45) is 14.1 Å². The molecular formula is C15H17N3O3S. The van der Waals surface area contributed by atoms with Crippen LogP contribution in [0.3, 0.4) is 0 Å². The van der Waals surface area contributed by atoms with Crippen LogP contribution < -0.4 is 11.2 Å². The van der Waals surface area contributed by atoms with Crippen molar-refractivity contribution in [3.63, 3.8) is 0 Å². The Balaban J connectivity index is 2.16. The van der Waals surface area contributed by atoms with Crippen LogP contribution >= 0.6 is 11.3 Å². The van der Waals surface area contributed by atoms with E-state index < -0.39 is 11.2 Å². The second-order valence-electron chi connectivity index (χ2n) is 5.00. The fraction of sp³-hybridized carbons (Fsp3) is 0.267. The molecule has 0 aliphatic heterocycles. The molecule has 0 N–H and O–H groups in total. The number of likely N-dealkylation sites (N-methyl/N-ethyl adjacent to an activating group) is 1. The Bertz CT molecular complexity index is 816. The maximum absolute atomic E-state index is 12.1. The maximum atomic E-state index is 12.1. The lowest BCUT2D eigenvalue weighted by Gasteiger charge is -2.13. The van der Waals surface area contributed by atoms with E-state index in [4.69, 9.17) is 0 Å². The number of rotatable bonds is 4. The molecule has 0 bridgehead atoms. The second kappa shape index (κ2) is 6.57. The molecule has 0 aromatic carbocycles. The molecule has 1 amide bonds. The van der Waals surface area contributed by atoms with Crippen molar-refractivity contribution in [1.29, 1.82) is 0 Å². The topological polar surface area (TPSA) is 64.3 Å². The number of thiophene rings is 1. The molecule has 2 heterocycles. The summed E-state index contributed by atoms with van der Waals surface area (Å²) in [7, 11) is 4.67. The Morgan fingerprint density at radius 2 is 2.09 bits per heavy atom. The van der Waals surface area contributed by atoms with Crippen LogP contribution in [-0.2, 0) is 25.4 Å². The number of nitrogens with zero attached hydrogens (tertiary/aromatic N) is 3. The molecule has 6 nitrogen and oxygen atoms in total. The Labute approximate surface area is 131 Å². The summed E-state index contributed by atoms with van der Waals surface area (Å²) in [4.78, 5) is 37.2. The highest BCUT2D eigenvalue weighted by molar-refractivity contribution is 7.07. The average molecular weight is 319 g/mol. The summed E-state index contributed by atoms with van der Waals surface area (Å²) in [5.74, 6) is -0.206. The summed E-state index contributed by atoms with van der Waals surface area (Å²) in [6.07, 6.45) is 4.20. The Morgan fingerprint density at radius 1 is 1.36 bits per heavy atom. The predicted molar refractivity (Wildman–Crippen MR) is 86.8 cm³/mol. The van der Waals surface area contributed by atoms with Gasteiger partial charge in [0.05, 0.1) is 5.56 Å². The van der Waals surface area contributed by atoms with E-state index in [-0.39, 0.29) is 5.91 Å². The molecule has 0 radical (unpaired) electrons. The first-order valence-electron chi connectivity index (χ1n) is 6.61. The third-order valence-corrected chi connectivity index (χ3v) is 3.99. The first-order chi connectivity index (χ1) is 10.4. The number of hydrogen-bond donors (Lipinski definition) is 0. The summed E-state index contributed by atoms with van der Waals surface area (Å²) in [5, 5.41) is 3.94. The number of hydrogen-bond acceptors (Lipinski definition) is 4. The zero-order chi connectivity index (χ0) is 16.3. The minimum Gasteiger partial charge on any atom is -0.338 e. The molecule has 0 aliphatic rings. The van der Waals surface area contributed by atoms with E-state index in [0.717, 1.165) is 10.1 Å². The molecule has 0 saturated carbocycles. The van der Waals surface area contributed by atoms with Crippen molar-refractivity contribution in [1.82, 2.24) is 14.0 Å². The van der Waals surface area contributed by atoms with E-state index in [1.807, 2.05) is 16.8 Å². The SMILES string of the molecule is CN(Cc1ccsc1)C(=O)/C=C/c1cn(C)c(=O)n(C)c1=O. The molecule has 7 heteroatoms. The van der Waals surface area contributed by atoms with Gasteiger partial charge in [-0.2, -0.15) is 11.3 Å². The monoisotopic (exact) mass is 319 g/mol. The molecule has 0 fully saturated rings. The molecule has 0 spiro atoms. The van der Waals surface area contributed by atoms with Gasteiger partial charge in [-0.3, -0.25) is 14.2 Å². The van der Waals surface area contributed by atoms with Gasteiger partial charge in [0, 0.05) is 40.0 Å². The molecule has 2 aromatic heterocycles. The zero-order valence-electron chi connectivity index (χ0n) is 12.6. The number of aromatic nitrogens is 2. The third kappa shape index (κ3) is 3.43. The summed E-state index contributed by atoms with van der Waals surface area (Å²) in [6, 6.07) is 1.96. The molecule has 0 aliphatic carbocycles. The standard InChI is InChI=1S/C15H17N3O3S/c1-16(8-11-6-7-22-10-11)13(19)5-4-12-9-17(2)15(21)18(3)14(12)20/h4-7,9-10H,8H2,1-3H3/b5-4+. The van der Waals surface area contributed by atoms with Gasteiger partial charge >= 0.3 is 5.69 Å². The van der Waals surface area contributed by atoms with Gasteiger partial charge in [-0.25, -0.2) is 4.79 Å². The molecule has 2 aromatic rings. The number of carbonyl (C=O) groups is 1. The maximum Gasteiger partial charge on any atom is 0.330 e. The van der Waals surface area contributed by atoms with Gasteiger partial charge in [0.25, 0.3) is 5.56 Å². The Morgan fingerprint density at radius 3 is 2.73 bits per heavy atom. The molecule has 0 atom stereocenters. The molecule has 116 valence electrons. The smallest absolute Gasteiger partial charge is 0.330 e. The Hall–Kier alpha value is -2.41. The molecule has 0 unspecified atom stereocenters. The van der Waals surface area contributed by atoms with Crippen molar-refractivity contribution in [3.05, 3.63) is 61.1 Å². The minimum absolute atomic E-state index is 0.206. The normalized spacial score (nSPS) is 11.0. The molecule has 22 heavy (non-hydrogen) atoms. The molecule has 0 saturated heterocycles. The first kappa shape index (κ1) is 16.0. The summed E-state index contributed by atoms with van der Waals surface area (Å²) < 4.78 is 2.32. The van der Waals surface area contributed by atoms with Crippen LogP contribution in [0.1, 0.15) is 11.1 Å². The van der Waals surface area contributed by atoms with Crippen molar-refractivity contribution >= 4 is 23.3 Å². The van der Waals surface area contributed by atoms with E-state index in [1.165, 1.54) is 30.0 Å². The van der Waals surface area contributed by atoms with Crippen molar-refractivity contribution in [2.45, 2.75) is 6.54 Å². The minimum atomic E-state index is -0.423. The van der Waals surface area contributed by atoms with Gasteiger partial charge in [-0.1, -0.05) is 0 Å². The fourth-order valence-corrected chi connectivity index (χ4v) is 2.63. The summed E-state index contributed by atoms with van der Waals surface area (Å²) in [5.41, 5.74) is 0.532.